The summed E-state index contributed by atoms with van der Waals surface area (Å²) in [6.07, 6.45) is 5.65. The van der Waals surface area contributed by atoms with Gasteiger partial charge in [-0.15, -0.1) is 22.6 Å². The summed E-state index contributed by atoms with van der Waals surface area (Å²) in [5.41, 5.74) is 5.97. The van der Waals surface area contributed by atoms with E-state index in [4.69, 9.17) is 16.6 Å². The highest BCUT2D eigenvalue weighted by molar-refractivity contribution is 6.30. The molecule has 0 aliphatic heterocycles. The molecule has 8 nitrogen and oxygen atoms in total. The first-order valence-electron chi connectivity index (χ1n) is 10.2. The second-order valence-electron chi connectivity index (χ2n) is 7.48. The van der Waals surface area contributed by atoms with Crippen molar-refractivity contribution in [3.8, 4) is 17.2 Å². The molecule has 1 N–H and O–H groups in total. The fourth-order valence-corrected chi connectivity index (χ4v) is 4.00. The molecule has 32 heavy (non-hydrogen) atoms. The van der Waals surface area contributed by atoms with Gasteiger partial charge in [0.15, 0.2) is 5.65 Å². The van der Waals surface area contributed by atoms with E-state index in [2.05, 4.69) is 68.3 Å². The zero-order valence-corrected chi connectivity index (χ0v) is 19.2. The van der Waals surface area contributed by atoms with Crippen molar-refractivity contribution in [3.05, 3.63) is 70.8 Å². The second-order valence-corrected chi connectivity index (χ2v) is 7.92. The highest BCUT2D eigenvalue weighted by Crippen LogP contribution is 2.26. The van der Waals surface area contributed by atoms with E-state index in [0.717, 1.165) is 46.8 Å². The molecule has 0 saturated carbocycles. The summed E-state index contributed by atoms with van der Waals surface area (Å²) in [6, 6.07) is 12.2. The standard InChI is InChI=1S/C22H21ClN8.ClH/c1-3-4-19-25-20-14(2)9-10-24-22(20)31(19)12-15-5-7-17(8-6-15)30-13-16(23)11-18(30)21-26-28-29-27-21;/h5-11,13H,3-4,12H2,1-2H3,(H,26,27,28,29);1H. The molecule has 0 unspecified atom stereocenters. The van der Waals surface area contributed by atoms with Gasteiger partial charge >= 0.3 is 0 Å². The summed E-state index contributed by atoms with van der Waals surface area (Å²) in [6.45, 7) is 4.96. The molecule has 0 fully saturated rings. The van der Waals surface area contributed by atoms with Crippen molar-refractivity contribution < 1.29 is 0 Å². The quantitative estimate of drug-likeness (QED) is 0.386. The van der Waals surface area contributed by atoms with Gasteiger partial charge in [0.25, 0.3) is 0 Å². The zero-order chi connectivity index (χ0) is 21.4. The smallest absolute Gasteiger partial charge is 0.221 e. The van der Waals surface area contributed by atoms with Crippen LogP contribution in [-0.2, 0) is 13.0 Å². The second kappa shape index (κ2) is 9.10. The monoisotopic (exact) mass is 468 g/mol. The van der Waals surface area contributed by atoms with Gasteiger partial charge in [0.1, 0.15) is 11.3 Å². The van der Waals surface area contributed by atoms with Crippen LogP contribution in [0.3, 0.4) is 0 Å². The van der Waals surface area contributed by atoms with Gasteiger partial charge in [-0.2, -0.15) is 5.21 Å². The third kappa shape index (κ3) is 3.99. The molecular weight excluding hydrogens is 447 g/mol. The van der Waals surface area contributed by atoms with Crippen LogP contribution < -0.4 is 0 Å². The molecule has 5 rings (SSSR count). The Bertz CT molecular complexity index is 1340. The van der Waals surface area contributed by atoms with Gasteiger partial charge in [0.05, 0.1) is 17.3 Å². The molecule has 0 atom stereocenters. The van der Waals surface area contributed by atoms with Crippen molar-refractivity contribution in [1.82, 2.24) is 39.7 Å². The average Bonchev–Trinajstić information content (AvgIpc) is 3.50. The first kappa shape index (κ1) is 22.0. The van der Waals surface area contributed by atoms with Crippen LogP contribution in [0.2, 0.25) is 5.02 Å². The van der Waals surface area contributed by atoms with Crippen LogP contribution in [0.1, 0.15) is 30.3 Å². The molecule has 4 heterocycles. The molecule has 0 amide bonds. The lowest BCUT2D eigenvalue weighted by atomic mass is 10.2. The van der Waals surface area contributed by atoms with Crippen LogP contribution in [0.5, 0.6) is 0 Å². The van der Waals surface area contributed by atoms with E-state index in [9.17, 15) is 0 Å². The van der Waals surface area contributed by atoms with E-state index in [-0.39, 0.29) is 12.4 Å². The number of tetrazole rings is 1. The number of aromatic amines is 1. The number of aryl methyl sites for hydroxylation is 2. The van der Waals surface area contributed by atoms with Gasteiger partial charge in [-0.05, 0) is 54.0 Å². The fourth-order valence-electron chi connectivity index (χ4n) is 3.80. The minimum atomic E-state index is 0. The molecule has 5 aromatic rings. The SMILES string of the molecule is CCCc1nc2c(C)ccnc2n1Cc1ccc(-n2cc(Cl)cc2-c2nn[nH]n2)cc1.Cl. The topological polar surface area (TPSA) is 90.1 Å². The molecule has 10 heteroatoms. The largest absolute Gasteiger partial charge is 0.312 e. The lowest BCUT2D eigenvalue weighted by molar-refractivity contribution is 0.716. The van der Waals surface area contributed by atoms with Gasteiger partial charge in [-0.25, -0.2) is 9.97 Å². The summed E-state index contributed by atoms with van der Waals surface area (Å²) in [4.78, 5) is 9.47. The highest BCUT2D eigenvalue weighted by Gasteiger charge is 2.15. The lowest BCUT2D eigenvalue weighted by Gasteiger charge is -2.11. The van der Waals surface area contributed by atoms with E-state index < -0.39 is 0 Å². The van der Waals surface area contributed by atoms with E-state index in [1.54, 1.807) is 0 Å². The molecule has 0 radical (unpaired) electrons. The number of pyridine rings is 1. The maximum atomic E-state index is 6.25. The Morgan fingerprint density at radius 3 is 2.66 bits per heavy atom. The van der Waals surface area contributed by atoms with Gasteiger partial charge in [-0.1, -0.05) is 30.7 Å². The number of benzene rings is 1. The molecule has 0 spiro atoms. The number of aromatic nitrogens is 8. The van der Waals surface area contributed by atoms with Crippen molar-refractivity contribution >= 4 is 35.2 Å². The summed E-state index contributed by atoms with van der Waals surface area (Å²) in [7, 11) is 0. The van der Waals surface area contributed by atoms with Gasteiger partial charge in [0, 0.05) is 24.5 Å². The molecule has 1 aromatic carbocycles. The molecule has 164 valence electrons. The van der Waals surface area contributed by atoms with E-state index >= 15 is 0 Å². The molecule has 0 saturated heterocycles. The Balaban J connectivity index is 0.00000245. The first-order valence-corrected chi connectivity index (χ1v) is 10.5. The summed E-state index contributed by atoms with van der Waals surface area (Å²) < 4.78 is 4.18. The first-order chi connectivity index (χ1) is 15.1. The Hall–Kier alpha value is -3.23. The number of imidazole rings is 1. The van der Waals surface area contributed by atoms with Crippen LogP contribution in [-0.4, -0.2) is 39.7 Å². The van der Waals surface area contributed by atoms with Gasteiger partial charge in [0.2, 0.25) is 5.82 Å². The normalized spacial score (nSPS) is 11.1. The predicted octanol–water partition coefficient (Wildman–Crippen LogP) is 4.79. The number of nitrogens with one attached hydrogen (secondary N) is 1. The maximum Gasteiger partial charge on any atom is 0.221 e. The van der Waals surface area contributed by atoms with Crippen LogP contribution >= 0.6 is 24.0 Å². The Labute approximate surface area is 196 Å². The van der Waals surface area contributed by atoms with Crippen LogP contribution in [0, 0.1) is 6.92 Å². The third-order valence-corrected chi connectivity index (χ3v) is 5.51. The minimum absolute atomic E-state index is 0. The number of rotatable bonds is 6. The van der Waals surface area contributed by atoms with Crippen LogP contribution in [0.4, 0.5) is 0 Å². The molecule has 0 aliphatic carbocycles. The molecule has 4 aromatic heterocycles. The Morgan fingerprint density at radius 2 is 1.94 bits per heavy atom. The third-order valence-electron chi connectivity index (χ3n) is 5.30. The Morgan fingerprint density at radius 1 is 1.12 bits per heavy atom. The number of H-pyrrole nitrogens is 1. The van der Waals surface area contributed by atoms with Crippen LogP contribution in [0.25, 0.3) is 28.4 Å². The van der Waals surface area contributed by atoms with Crippen molar-refractivity contribution in [2.24, 2.45) is 0 Å². The van der Waals surface area contributed by atoms with Crippen molar-refractivity contribution in [3.63, 3.8) is 0 Å². The van der Waals surface area contributed by atoms with Crippen LogP contribution in [0.15, 0.2) is 48.8 Å². The molecule has 0 aliphatic rings. The number of hydrogen-bond donors (Lipinski definition) is 1. The van der Waals surface area contributed by atoms with E-state index in [0.29, 0.717) is 17.4 Å². The summed E-state index contributed by atoms with van der Waals surface area (Å²) in [5, 5.41) is 14.9. The van der Waals surface area contributed by atoms with Gasteiger partial charge < -0.3 is 9.13 Å². The Kier molecular flexibility index (Phi) is 6.25. The maximum absolute atomic E-state index is 6.25. The van der Waals surface area contributed by atoms with Gasteiger partial charge in [-0.3, -0.25) is 0 Å². The van der Waals surface area contributed by atoms with Crippen molar-refractivity contribution in [2.45, 2.75) is 33.2 Å². The van der Waals surface area contributed by atoms with Crippen molar-refractivity contribution in [1.29, 1.82) is 0 Å². The summed E-state index contributed by atoms with van der Waals surface area (Å²) >= 11 is 6.25. The average molecular weight is 469 g/mol. The van der Waals surface area contributed by atoms with E-state index in [1.165, 1.54) is 5.56 Å². The molecular formula is C22H22Cl2N8. The number of fused-ring (bicyclic) bond motifs is 1. The highest BCUT2D eigenvalue weighted by atomic mass is 35.5. The predicted molar refractivity (Wildman–Crippen MR) is 127 cm³/mol. The minimum Gasteiger partial charge on any atom is -0.312 e. The molecule has 0 bridgehead atoms. The number of nitrogens with zero attached hydrogens (tertiary/aromatic N) is 7. The van der Waals surface area contributed by atoms with Crippen molar-refractivity contribution in [2.75, 3.05) is 0 Å². The fraction of sp³-hybridized carbons (Fsp3) is 0.227. The van der Waals surface area contributed by atoms with E-state index in [1.807, 2.05) is 29.1 Å². The number of halogens is 2. The number of hydrogen-bond acceptors (Lipinski definition) is 5. The summed E-state index contributed by atoms with van der Waals surface area (Å²) in [5.74, 6) is 1.56. The zero-order valence-electron chi connectivity index (χ0n) is 17.7. The lowest BCUT2D eigenvalue weighted by Crippen LogP contribution is -2.06.